The third-order valence-corrected chi connectivity index (χ3v) is 3.97. The highest BCUT2D eigenvalue weighted by Crippen LogP contribution is 2.38. The Kier molecular flexibility index (Phi) is 9.96. The Morgan fingerprint density at radius 3 is 2.13 bits per heavy atom. The van der Waals surface area contributed by atoms with Crippen molar-refractivity contribution in [2.45, 2.75) is 53.9 Å². The van der Waals surface area contributed by atoms with Crippen molar-refractivity contribution >= 4 is 0 Å². The van der Waals surface area contributed by atoms with Gasteiger partial charge in [0.05, 0.1) is 5.70 Å². The fourth-order valence-corrected chi connectivity index (χ4v) is 2.36. The lowest BCUT2D eigenvalue weighted by Crippen LogP contribution is -2.24. The van der Waals surface area contributed by atoms with E-state index in [0.717, 1.165) is 41.7 Å². The van der Waals surface area contributed by atoms with Crippen LogP contribution in [0.25, 0.3) is 0 Å². The number of nitrogens with one attached hydrogen (secondary N) is 1. The average Bonchev–Trinajstić information content (AvgIpc) is 2.61. The molecule has 2 heteroatoms. The molecule has 1 nitrogen and oxygen atoms in total. The number of hydrogen-bond donors (Lipinski definition) is 1. The van der Waals surface area contributed by atoms with Crippen molar-refractivity contribution in [2.24, 2.45) is 5.92 Å². The predicted octanol–water partition coefficient (Wildman–Crippen LogP) is 6.75. The van der Waals surface area contributed by atoms with E-state index in [1.165, 1.54) is 6.08 Å². The van der Waals surface area contributed by atoms with Gasteiger partial charge >= 0.3 is 0 Å². The molecule has 0 aromatic rings. The topological polar surface area (TPSA) is 12.0 Å². The summed E-state index contributed by atoms with van der Waals surface area (Å²) in [5, 5.41) is 3.15. The van der Waals surface area contributed by atoms with Crippen LogP contribution in [0, 0.1) is 5.92 Å². The molecule has 0 aromatic carbocycles. The highest BCUT2D eigenvalue weighted by molar-refractivity contribution is 5.67. The van der Waals surface area contributed by atoms with Crippen molar-refractivity contribution in [3.05, 3.63) is 71.9 Å². The maximum Gasteiger partial charge on any atom is 0.146 e. The highest BCUT2D eigenvalue weighted by Gasteiger charge is 2.25. The summed E-state index contributed by atoms with van der Waals surface area (Å²) in [6.45, 7) is 21.8. The minimum atomic E-state index is -0.356. The van der Waals surface area contributed by atoms with Gasteiger partial charge in [-0.3, -0.25) is 0 Å². The van der Waals surface area contributed by atoms with Crippen LogP contribution in [0.1, 0.15) is 53.9 Å². The van der Waals surface area contributed by atoms with Crippen LogP contribution in [0.15, 0.2) is 71.9 Å². The van der Waals surface area contributed by atoms with E-state index in [9.17, 15) is 4.39 Å². The fraction of sp³-hybridized carbons (Fsp3) is 0.429. The lowest BCUT2D eigenvalue weighted by atomic mass is 9.82. The smallest absolute Gasteiger partial charge is 0.146 e. The molecular weight excluding hydrogens is 285 g/mol. The molecule has 1 N–H and O–H groups in total. The lowest BCUT2D eigenvalue weighted by molar-refractivity contribution is 0.603. The molecular formula is C21H32FN. The molecule has 0 heterocycles. The Bertz CT molecular complexity index is 528. The van der Waals surface area contributed by atoms with Crippen LogP contribution in [0.5, 0.6) is 0 Å². The van der Waals surface area contributed by atoms with Gasteiger partial charge in [-0.25, -0.2) is 4.39 Å². The first-order valence-electron chi connectivity index (χ1n) is 8.59. The standard InChI is InChI=1S/C19H26FN.C2H6/c1-7-15(8-2)11-12-18(17(20)10-4)21-19-14(6)13(5)16(19)9-3;1-2/h10-12,15,21H,4-9H2,1-3H3;1-2H3/b12-11?,18-17-;. The zero-order valence-corrected chi connectivity index (χ0v) is 15.4. The first-order chi connectivity index (χ1) is 11.0. The van der Waals surface area contributed by atoms with Crippen LogP contribution in [0.4, 0.5) is 4.39 Å². The predicted molar refractivity (Wildman–Crippen MR) is 102 cm³/mol. The van der Waals surface area contributed by atoms with Gasteiger partial charge in [-0.2, -0.15) is 0 Å². The summed E-state index contributed by atoms with van der Waals surface area (Å²) >= 11 is 0. The van der Waals surface area contributed by atoms with Crippen molar-refractivity contribution in [1.29, 1.82) is 0 Å². The van der Waals surface area contributed by atoms with Crippen molar-refractivity contribution < 1.29 is 4.39 Å². The van der Waals surface area contributed by atoms with Gasteiger partial charge in [0.1, 0.15) is 5.83 Å². The zero-order valence-electron chi connectivity index (χ0n) is 15.4. The number of allylic oxidation sites excluding steroid dienone is 6. The summed E-state index contributed by atoms with van der Waals surface area (Å²) in [5.74, 6) is 0.101. The van der Waals surface area contributed by atoms with Gasteiger partial charge in [-0.15, -0.1) is 0 Å². The van der Waals surface area contributed by atoms with Crippen molar-refractivity contribution in [2.75, 3.05) is 0 Å². The summed E-state index contributed by atoms with van der Waals surface area (Å²) in [4.78, 5) is 0. The summed E-state index contributed by atoms with van der Waals surface area (Å²) in [6.07, 6.45) is 8.03. The normalized spacial score (nSPS) is 15.3. The van der Waals surface area contributed by atoms with Crippen LogP contribution < -0.4 is 5.32 Å². The first-order valence-corrected chi connectivity index (χ1v) is 8.59. The van der Waals surface area contributed by atoms with Gasteiger partial charge in [-0.05, 0) is 54.1 Å². The SMILES string of the molecule is C=C/C(F)=C(\C=CC(CC)CC)NC1=C(CC)C(=C)C1=C.CC. The molecule has 0 unspecified atom stereocenters. The number of halogens is 1. The van der Waals surface area contributed by atoms with E-state index in [1.807, 2.05) is 26.0 Å². The Balaban J connectivity index is 0.00000232. The van der Waals surface area contributed by atoms with Crippen molar-refractivity contribution in [1.82, 2.24) is 5.32 Å². The third-order valence-electron chi connectivity index (χ3n) is 3.97. The van der Waals surface area contributed by atoms with Crippen LogP contribution in [-0.4, -0.2) is 0 Å². The quantitative estimate of drug-likeness (QED) is 0.488. The molecule has 1 aliphatic rings. The summed E-state index contributed by atoms with van der Waals surface area (Å²) < 4.78 is 14.0. The molecule has 0 fully saturated rings. The molecule has 0 bridgehead atoms. The van der Waals surface area contributed by atoms with Gasteiger partial charge in [0.25, 0.3) is 0 Å². The molecule has 0 radical (unpaired) electrons. The minimum absolute atomic E-state index is 0.356. The Hall–Kier alpha value is -1.83. The lowest BCUT2D eigenvalue weighted by Gasteiger charge is -2.30. The number of rotatable bonds is 8. The number of hydrogen-bond acceptors (Lipinski definition) is 1. The van der Waals surface area contributed by atoms with Crippen LogP contribution in [0.2, 0.25) is 0 Å². The van der Waals surface area contributed by atoms with Crippen LogP contribution in [-0.2, 0) is 0 Å². The van der Waals surface area contributed by atoms with Gasteiger partial charge < -0.3 is 5.32 Å². The van der Waals surface area contributed by atoms with Gasteiger partial charge in [-0.1, -0.05) is 60.4 Å². The molecule has 0 atom stereocenters. The molecule has 0 aromatic heterocycles. The maximum atomic E-state index is 14.0. The largest absolute Gasteiger partial charge is 0.352 e. The maximum absolute atomic E-state index is 14.0. The summed E-state index contributed by atoms with van der Waals surface area (Å²) in [5.41, 5.74) is 4.26. The molecule has 1 aliphatic carbocycles. The Morgan fingerprint density at radius 2 is 1.70 bits per heavy atom. The van der Waals surface area contributed by atoms with Crippen molar-refractivity contribution in [3.63, 3.8) is 0 Å². The molecule has 0 spiro atoms. The van der Waals surface area contributed by atoms with Gasteiger partial charge in [0, 0.05) is 5.70 Å². The molecule has 1 rings (SSSR count). The second kappa shape index (κ2) is 10.8. The van der Waals surface area contributed by atoms with E-state index in [4.69, 9.17) is 0 Å². The monoisotopic (exact) mass is 317 g/mol. The third kappa shape index (κ3) is 5.38. The van der Waals surface area contributed by atoms with Crippen LogP contribution >= 0.6 is 0 Å². The summed E-state index contributed by atoms with van der Waals surface area (Å²) in [7, 11) is 0. The van der Waals surface area contributed by atoms with E-state index in [2.05, 4.69) is 45.8 Å². The molecule has 0 saturated carbocycles. The summed E-state index contributed by atoms with van der Waals surface area (Å²) in [6, 6.07) is 0. The van der Waals surface area contributed by atoms with Crippen LogP contribution in [0.3, 0.4) is 0 Å². The average molecular weight is 317 g/mol. The van der Waals surface area contributed by atoms with Gasteiger partial charge in [0.2, 0.25) is 0 Å². The van der Waals surface area contributed by atoms with E-state index < -0.39 is 0 Å². The first kappa shape index (κ1) is 21.2. The molecule has 23 heavy (non-hydrogen) atoms. The highest BCUT2D eigenvalue weighted by atomic mass is 19.1. The Morgan fingerprint density at radius 1 is 1.13 bits per heavy atom. The second-order valence-corrected chi connectivity index (χ2v) is 5.19. The van der Waals surface area contributed by atoms with E-state index >= 15 is 0 Å². The van der Waals surface area contributed by atoms with Gasteiger partial charge in [0.15, 0.2) is 0 Å². The fourth-order valence-electron chi connectivity index (χ4n) is 2.36. The minimum Gasteiger partial charge on any atom is -0.352 e. The van der Waals surface area contributed by atoms with E-state index in [0.29, 0.717) is 11.6 Å². The molecule has 0 saturated heterocycles. The molecule has 0 amide bonds. The van der Waals surface area contributed by atoms with E-state index in [1.54, 1.807) is 0 Å². The zero-order chi connectivity index (χ0) is 18.0. The molecule has 128 valence electrons. The second-order valence-electron chi connectivity index (χ2n) is 5.19. The van der Waals surface area contributed by atoms with E-state index in [-0.39, 0.29) is 5.83 Å². The molecule has 0 aliphatic heterocycles. The van der Waals surface area contributed by atoms with Crippen molar-refractivity contribution in [3.8, 4) is 0 Å². The Labute approximate surface area is 142 Å².